The summed E-state index contributed by atoms with van der Waals surface area (Å²) in [7, 11) is 0. The number of hydrogen-bond donors (Lipinski definition) is 1. The zero-order valence-electron chi connectivity index (χ0n) is 11.4. The molecule has 3 rings (SSSR count). The van der Waals surface area contributed by atoms with E-state index >= 15 is 0 Å². The molecule has 0 radical (unpaired) electrons. The Kier molecular flexibility index (Phi) is 3.42. The van der Waals surface area contributed by atoms with Crippen LogP contribution in [-0.4, -0.2) is 22.5 Å². The van der Waals surface area contributed by atoms with Crippen molar-refractivity contribution in [1.82, 2.24) is 9.97 Å². The van der Waals surface area contributed by atoms with Crippen LogP contribution >= 0.6 is 11.6 Å². The van der Waals surface area contributed by atoms with Crippen LogP contribution in [0.5, 0.6) is 0 Å². The Bertz CT molecular complexity index is 644. The molecule has 4 nitrogen and oxygen atoms in total. The first kappa shape index (κ1) is 13.4. The lowest BCUT2D eigenvalue weighted by Gasteiger charge is -2.23. The molecule has 1 aliphatic rings. The van der Waals surface area contributed by atoms with Crippen molar-refractivity contribution in [2.45, 2.75) is 38.0 Å². The lowest BCUT2D eigenvalue weighted by Crippen LogP contribution is -2.35. The number of fused-ring (bicyclic) bond motifs is 1. The highest BCUT2D eigenvalue weighted by Gasteiger charge is 2.46. The molecule has 20 heavy (non-hydrogen) atoms. The fraction of sp³-hybridized carbons (Fsp3) is 0.467. The number of nitrogens with zero attached hydrogens (tertiary/aromatic N) is 1. The quantitative estimate of drug-likeness (QED) is 0.880. The van der Waals surface area contributed by atoms with Crippen LogP contribution < -0.4 is 0 Å². The molecule has 1 aromatic carbocycles. The van der Waals surface area contributed by atoms with Gasteiger partial charge in [-0.1, -0.05) is 24.4 Å². The van der Waals surface area contributed by atoms with Crippen LogP contribution in [-0.2, 0) is 14.9 Å². The lowest BCUT2D eigenvalue weighted by molar-refractivity contribution is -0.150. The average molecular weight is 293 g/mol. The SMILES string of the molecule is CCOC(=O)C1(c2nc3ccc(Cl)cc3[nH]2)CCCC1. The number of carbonyl (C=O) groups excluding carboxylic acids is 1. The molecule has 5 heteroatoms. The molecule has 1 N–H and O–H groups in total. The van der Waals surface area contributed by atoms with E-state index in [-0.39, 0.29) is 5.97 Å². The second kappa shape index (κ2) is 5.09. The van der Waals surface area contributed by atoms with Crippen LogP contribution in [0.1, 0.15) is 38.4 Å². The summed E-state index contributed by atoms with van der Waals surface area (Å²) in [5.41, 5.74) is 1.09. The standard InChI is InChI=1S/C15H17ClN2O2/c1-2-20-14(19)15(7-3-4-8-15)13-17-11-6-5-10(16)9-12(11)18-13/h5-6,9H,2-4,7-8H2,1H3,(H,17,18). The summed E-state index contributed by atoms with van der Waals surface area (Å²) in [6.07, 6.45) is 3.63. The van der Waals surface area contributed by atoms with Crippen LogP contribution in [0.3, 0.4) is 0 Å². The Morgan fingerprint density at radius 1 is 1.45 bits per heavy atom. The van der Waals surface area contributed by atoms with Crippen molar-refractivity contribution in [3.05, 3.63) is 29.0 Å². The Balaban J connectivity index is 2.07. The van der Waals surface area contributed by atoms with E-state index in [9.17, 15) is 4.79 Å². The summed E-state index contributed by atoms with van der Waals surface area (Å²) in [5.74, 6) is 0.549. The second-order valence-electron chi connectivity index (χ2n) is 5.26. The lowest BCUT2D eigenvalue weighted by atomic mass is 9.85. The van der Waals surface area contributed by atoms with Crippen molar-refractivity contribution >= 4 is 28.6 Å². The normalized spacial score (nSPS) is 17.5. The van der Waals surface area contributed by atoms with Gasteiger partial charge in [-0.05, 0) is 38.0 Å². The zero-order valence-corrected chi connectivity index (χ0v) is 12.2. The number of halogens is 1. The summed E-state index contributed by atoms with van der Waals surface area (Å²) >= 11 is 6.00. The highest BCUT2D eigenvalue weighted by Crippen LogP contribution is 2.41. The topological polar surface area (TPSA) is 55.0 Å². The largest absolute Gasteiger partial charge is 0.465 e. The Morgan fingerprint density at radius 2 is 2.20 bits per heavy atom. The molecule has 2 aromatic rings. The van der Waals surface area contributed by atoms with Gasteiger partial charge in [-0.2, -0.15) is 0 Å². The smallest absolute Gasteiger partial charge is 0.319 e. The van der Waals surface area contributed by atoms with Crippen molar-refractivity contribution in [2.24, 2.45) is 0 Å². The van der Waals surface area contributed by atoms with Gasteiger partial charge in [0.2, 0.25) is 0 Å². The number of nitrogens with one attached hydrogen (secondary N) is 1. The van der Waals surface area contributed by atoms with Crippen molar-refractivity contribution < 1.29 is 9.53 Å². The van der Waals surface area contributed by atoms with E-state index in [4.69, 9.17) is 16.3 Å². The number of rotatable bonds is 3. The summed E-state index contributed by atoms with van der Waals surface area (Å²) in [6.45, 7) is 2.23. The zero-order chi connectivity index (χ0) is 14.2. The average Bonchev–Trinajstić information content (AvgIpc) is 3.05. The number of H-pyrrole nitrogens is 1. The number of benzene rings is 1. The minimum Gasteiger partial charge on any atom is -0.465 e. The number of ether oxygens (including phenoxy) is 1. The van der Waals surface area contributed by atoms with E-state index in [1.807, 2.05) is 19.1 Å². The van der Waals surface area contributed by atoms with Crippen molar-refractivity contribution in [3.8, 4) is 0 Å². The number of aromatic nitrogens is 2. The molecule has 1 fully saturated rings. The van der Waals surface area contributed by atoms with Gasteiger partial charge in [0.25, 0.3) is 0 Å². The number of carbonyl (C=O) groups is 1. The van der Waals surface area contributed by atoms with E-state index < -0.39 is 5.41 Å². The number of imidazole rings is 1. The van der Waals surface area contributed by atoms with Gasteiger partial charge in [-0.25, -0.2) is 4.98 Å². The van der Waals surface area contributed by atoms with Crippen molar-refractivity contribution in [1.29, 1.82) is 0 Å². The molecule has 0 aliphatic heterocycles. The van der Waals surface area contributed by atoms with E-state index in [1.54, 1.807) is 6.07 Å². The molecule has 0 saturated heterocycles. The Labute approximate surface area is 122 Å². The highest BCUT2D eigenvalue weighted by molar-refractivity contribution is 6.31. The Hall–Kier alpha value is -1.55. The third-order valence-electron chi connectivity index (χ3n) is 4.02. The maximum atomic E-state index is 12.4. The summed E-state index contributed by atoms with van der Waals surface area (Å²) in [6, 6.07) is 5.51. The van der Waals surface area contributed by atoms with E-state index in [0.29, 0.717) is 17.5 Å². The van der Waals surface area contributed by atoms with E-state index in [2.05, 4.69) is 9.97 Å². The first-order valence-electron chi connectivity index (χ1n) is 6.99. The van der Waals surface area contributed by atoms with Crippen LogP contribution in [0.2, 0.25) is 5.02 Å². The van der Waals surface area contributed by atoms with Crippen LogP contribution in [0.25, 0.3) is 11.0 Å². The molecular weight excluding hydrogens is 276 g/mol. The number of aromatic amines is 1. The highest BCUT2D eigenvalue weighted by atomic mass is 35.5. The molecule has 0 spiro atoms. The van der Waals surface area contributed by atoms with Gasteiger partial charge in [0, 0.05) is 5.02 Å². The van der Waals surface area contributed by atoms with E-state index in [1.165, 1.54) is 0 Å². The van der Waals surface area contributed by atoms with Gasteiger partial charge in [-0.3, -0.25) is 4.79 Å². The molecule has 0 unspecified atom stereocenters. The molecule has 1 aromatic heterocycles. The van der Waals surface area contributed by atoms with Gasteiger partial charge < -0.3 is 9.72 Å². The molecule has 0 atom stereocenters. The molecule has 1 aliphatic carbocycles. The van der Waals surface area contributed by atoms with Gasteiger partial charge in [-0.15, -0.1) is 0 Å². The maximum Gasteiger partial charge on any atom is 0.319 e. The number of esters is 1. The van der Waals surface area contributed by atoms with Crippen LogP contribution in [0.15, 0.2) is 18.2 Å². The molecule has 1 saturated carbocycles. The predicted octanol–water partition coefficient (Wildman–Crippen LogP) is 3.59. The minimum atomic E-state index is -0.610. The third-order valence-corrected chi connectivity index (χ3v) is 4.26. The second-order valence-corrected chi connectivity index (χ2v) is 5.69. The molecular formula is C15H17ClN2O2. The summed E-state index contributed by atoms with van der Waals surface area (Å²) in [4.78, 5) is 20.3. The molecule has 1 heterocycles. The van der Waals surface area contributed by atoms with E-state index in [0.717, 1.165) is 36.7 Å². The van der Waals surface area contributed by atoms with Gasteiger partial charge in [0.15, 0.2) is 0 Å². The monoisotopic (exact) mass is 292 g/mol. The van der Waals surface area contributed by atoms with Gasteiger partial charge in [0.1, 0.15) is 11.2 Å². The van der Waals surface area contributed by atoms with Gasteiger partial charge >= 0.3 is 5.97 Å². The first-order chi connectivity index (χ1) is 9.65. The predicted molar refractivity (Wildman–Crippen MR) is 77.9 cm³/mol. The third kappa shape index (κ3) is 2.08. The van der Waals surface area contributed by atoms with Crippen LogP contribution in [0.4, 0.5) is 0 Å². The molecule has 0 bridgehead atoms. The fourth-order valence-corrected chi connectivity index (χ4v) is 3.17. The van der Waals surface area contributed by atoms with Gasteiger partial charge in [0.05, 0.1) is 17.6 Å². The van der Waals surface area contributed by atoms with Crippen molar-refractivity contribution in [2.75, 3.05) is 6.61 Å². The van der Waals surface area contributed by atoms with Crippen LogP contribution in [0, 0.1) is 0 Å². The fourth-order valence-electron chi connectivity index (χ4n) is 2.99. The molecule has 106 valence electrons. The minimum absolute atomic E-state index is 0.164. The first-order valence-corrected chi connectivity index (χ1v) is 7.36. The number of hydrogen-bond acceptors (Lipinski definition) is 3. The maximum absolute atomic E-state index is 12.4. The Morgan fingerprint density at radius 3 is 2.90 bits per heavy atom. The van der Waals surface area contributed by atoms with Crippen molar-refractivity contribution in [3.63, 3.8) is 0 Å². The summed E-state index contributed by atoms with van der Waals surface area (Å²) < 4.78 is 5.28. The molecule has 0 amide bonds. The summed E-state index contributed by atoms with van der Waals surface area (Å²) in [5, 5.41) is 0.657.